The van der Waals surface area contributed by atoms with E-state index in [1.165, 1.54) is 12.7 Å². The van der Waals surface area contributed by atoms with Gasteiger partial charge in [0.2, 0.25) is 5.91 Å². The number of esters is 1. The van der Waals surface area contributed by atoms with Crippen LogP contribution in [0.15, 0.2) is 30.3 Å². The predicted octanol–water partition coefficient (Wildman–Crippen LogP) is 3.83. The summed E-state index contributed by atoms with van der Waals surface area (Å²) in [4.78, 5) is 29.1. The Morgan fingerprint density at radius 3 is 2.31 bits per heavy atom. The van der Waals surface area contributed by atoms with Crippen molar-refractivity contribution in [2.24, 2.45) is 10.8 Å². The second-order valence-electron chi connectivity index (χ2n) is 9.91. The lowest BCUT2D eigenvalue weighted by molar-refractivity contribution is -0.151. The summed E-state index contributed by atoms with van der Waals surface area (Å²) < 4.78 is 4.91. The Labute approximate surface area is 175 Å². The maximum absolute atomic E-state index is 12.8. The third kappa shape index (κ3) is 4.20. The number of benzene rings is 1. The topological polar surface area (TPSA) is 49.9 Å². The number of methoxy groups -OCH3 is 1. The Morgan fingerprint density at radius 1 is 1.14 bits per heavy atom. The molecule has 1 saturated heterocycles. The van der Waals surface area contributed by atoms with Gasteiger partial charge in [0.15, 0.2) is 0 Å². The van der Waals surface area contributed by atoms with Gasteiger partial charge in [0.25, 0.3) is 0 Å². The molecule has 3 rings (SSSR count). The fourth-order valence-electron chi connectivity index (χ4n) is 5.25. The van der Waals surface area contributed by atoms with Crippen molar-refractivity contribution in [3.63, 3.8) is 0 Å². The molecule has 0 aromatic heterocycles. The normalized spacial score (nSPS) is 27.7. The third-order valence-electron chi connectivity index (χ3n) is 7.45. The summed E-state index contributed by atoms with van der Waals surface area (Å²) in [6, 6.07) is 10.8. The summed E-state index contributed by atoms with van der Waals surface area (Å²) in [6.07, 6.45) is 5.53. The van der Waals surface area contributed by atoms with E-state index in [4.69, 9.17) is 4.74 Å². The van der Waals surface area contributed by atoms with E-state index in [0.717, 1.165) is 32.2 Å². The van der Waals surface area contributed by atoms with Crippen LogP contribution in [0.1, 0.15) is 57.9 Å². The number of carbonyl (C=O) groups excluding carboxylic acids is 2. The molecule has 5 heteroatoms. The van der Waals surface area contributed by atoms with Crippen LogP contribution < -0.4 is 0 Å². The van der Waals surface area contributed by atoms with Gasteiger partial charge in [-0.15, -0.1) is 0 Å². The smallest absolute Gasteiger partial charge is 0.311 e. The number of hydrogen-bond acceptors (Lipinski definition) is 4. The number of ether oxygens (including phenoxy) is 1. The lowest BCUT2D eigenvalue weighted by Crippen LogP contribution is -2.47. The quantitative estimate of drug-likeness (QED) is 0.681. The minimum absolute atomic E-state index is 0.0514. The molecular formula is C24H36N2O3. The minimum atomic E-state index is -0.565. The van der Waals surface area contributed by atoms with Crippen LogP contribution in [-0.4, -0.2) is 56.0 Å². The van der Waals surface area contributed by atoms with Crippen molar-refractivity contribution in [2.45, 2.75) is 57.9 Å². The Hall–Kier alpha value is -1.88. The molecule has 29 heavy (non-hydrogen) atoms. The molecule has 0 atom stereocenters. The molecule has 1 aromatic carbocycles. The molecule has 0 unspecified atom stereocenters. The minimum Gasteiger partial charge on any atom is -0.469 e. The first-order chi connectivity index (χ1) is 13.6. The zero-order chi connectivity index (χ0) is 21.3. The Morgan fingerprint density at radius 2 is 1.76 bits per heavy atom. The summed E-state index contributed by atoms with van der Waals surface area (Å²) in [5, 5.41) is 0. The summed E-state index contributed by atoms with van der Waals surface area (Å²) >= 11 is 0. The molecule has 1 spiro atoms. The van der Waals surface area contributed by atoms with Crippen molar-refractivity contribution in [1.82, 2.24) is 9.80 Å². The fraction of sp³-hybridized carbons (Fsp3) is 0.667. The summed E-state index contributed by atoms with van der Waals surface area (Å²) in [5.41, 5.74) is 0.947. The first-order valence-electron chi connectivity index (χ1n) is 10.7. The van der Waals surface area contributed by atoms with Gasteiger partial charge in [0, 0.05) is 25.0 Å². The summed E-state index contributed by atoms with van der Waals surface area (Å²) in [7, 11) is 5.77. The molecule has 1 aliphatic carbocycles. The van der Waals surface area contributed by atoms with Crippen molar-refractivity contribution in [1.29, 1.82) is 0 Å². The number of likely N-dealkylation sites (tertiary alicyclic amines) is 1. The van der Waals surface area contributed by atoms with Crippen LogP contribution in [0.2, 0.25) is 0 Å². The van der Waals surface area contributed by atoms with Crippen LogP contribution in [0, 0.1) is 10.8 Å². The van der Waals surface area contributed by atoms with E-state index in [9.17, 15) is 9.59 Å². The van der Waals surface area contributed by atoms with E-state index in [1.807, 2.05) is 18.7 Å². The van der Waals surface area contributed by atoms with Crippen LogP contribution in [0.5, 0.6) is 0 Å². The van der Waals surface area contributed by atoms with E-state index >= 15 is 0 Å². The average Bonchev–Trinajstić information content (AvgIpc) is 3.02. The third-order valence-corrected chi connectivity index (χ3v) is 7.45. The summed E-state index contributed by atoms with van der Waals surface area (Å²) in [5.74, 6) is 0.0258. The van der Waals surface area contributed by atoms with Crippen molar-refractivity contribution < 1.29 is 14.3 Å². The number of carbonyl (C=O) groups is 2. The van der Waals surface area contributed by atoms with Gasteiger partial charge in [-0.05, 0) is 71.0 Å². The highest BCUT2D eigenvalue weighted by molar-refractivity contribution is 5.80. The average molecular weight is 401 g/mol. The Bertz CT molecular complexity index is 734. The van der Waals surface area contributed by atoms with Gasteiger partial charge in [-0.1, -0.05) is 30.3 Å². The largest absolute Gasteiger partial charge is 0.469 e. The lowest BCUT2D eigenvalue weighted by atomic mass is 9.64. The monoisotopic (exact) mass is 400 g/mol. The molecule has 1 aromatic rings. The molecule has 1 amide bonds. The molecule has 1 saturated carbocycles. The maximum atomic E-state index is 12.8. The van der Waals surface area contributed by atoms with Crippen LogP contribution >= 0.6 is 0 Å². The van der Waals surface area contributed by atoms with Crippen molar-refractivity contribution >= 4 is 11.9 Å². The molecule has 1 aliphatic heterocycles. The van der Waals surface area contributed by atoms with Crippen LogP contribution in [0.3, 0.4) is 0 Å². The van der Waals surface area contributed by atoms with Gasteiger partial charge >= 0.3 is 5.97 Å². The van der Waals surface area contributed by atoms with Crippen molar-refractivity contribution in [2.75, 3.05) is 34.3 Å². The van der Waals surface area contributed by atoms with E-state index in [-0.39, 0.29) is 22.8 Å². The number of amides is 1. The van der Waals surface area contributed by atoms with Gasteiger partial charge in [0.1, 0.15) is 0 Å². The number of rotatable bonds is 6. The molecule has 0 radical (unpaired) electrons. The first-order valence-corrected chi connectivity index (χ1v) is 10.7. The van der Waals surface area contributed by atoms with Crippen LogP contribution in [0.25, 0.3) is 0 Å². The van der Waals surface area contributed by atoms with Gasteiger partial charge in [0.05, 0.1) is 12.5 Å². The lowest BCUT2D eigenvalue weighted by Gasteiger charge is -2.49. The van der Waals surface area contributed by atoms with Crippen LogP contribution in [-0.2, 0) is 19.9 Å². The second kappa shape index (κ2) is 8.10. The molecule has 2 aliphatic rings. The second-order valence-corrected chi connectivity index (χ2v) is 9.91. The standard InChI is InChI=1S/C24H36N2O3/c1-22(2,21(28)29-5)15-16-26-18-23(17-20(26)27)11-13-24(14-12-23,25(3)4)19-9-7-6-8-10-19/h6-10H,11-18H2,1-5H3/t23-,24-. The summed E-state index contributed by atoms with van der Waals surface area (Å²) in [6.45, 7) is 5.23. The molecule has 2 fully saturated rings. The van der Waals surface area contributed by atoms with Gasteiger partial charge < -0.3 is 9.64 Å². The zero-order valence-corrected chi connectivity index (χ0v) is 18.7. The molecular weight excluding hydrogens is 364 g/mol. The number of nitrogens with zero attached hydrogens (tertiary/aromatic N) is 2. The maximum Gasteiger partial charge on any atom is 0.311 e. The van der Waals surface area contributed by atoms with E-state index in [0.29, 0.717) is 19.4 Å². The zero-order valence-electron chi connectivity index (χ0n) is 18.7. The van der Waals surface area contributed by atoms with Gasteiger partial charge in [-0.2, -0.15) is 0 Å². The van der Waals surface area contributed by atoms with E-state index < -0.39 is 5.41 Å². The predicted molar refractivity (Wildman–Crippen MR) is 114 cm³/mol. The highest BCUT2D eigenvalue weighted by Gasteiger charge is 2.50. The first kappa shape index (κ1) is 21.8. The molecule has 5 nitrogen and oxygen atoms in total. The van der Waals surface area contributed by atoms with Crippen LogP contribution in [0.4, 0.5) is 0 Å². The van der Waals surface area contributed by atoms with E-state index in [2.05, 4.69) is 49.3 Å². The highest BCUT2D eigenvalue weighted by Crippen LogP contribution is 2.52. The molecule has 1 heterocycles. The molecule has 0 bridgehead atoms. The fourth-order valence-corrected chi connectivity index (χ4v) is 5.25. The Kier molecular flexibility index (Phi) is 6.09. The SMILES string of the molecule is COC(=O)C(C)(C)CCN1C[C@]2(CC[C@](c3ccccc3)(N(C)C)CC2)CC1=O. The highest BCUT2D eigenvalue weighted by atomic mass is 16.5. The molecule has 160 valence electrons. The molecule has 0 N–H and O–H groups in total. The van der Waals surface area contributed by atoms with Crippen molar-refractivity contribution in [3.8, 4) is 0 Å². The van der Waals surface area contributed by atoms with E-state index in [1.54, 1.807) is 0 Å². The van der Waals surface area contributed by atoms with Gasteiger partial charge in [-0.3, -0.25) is 14.5 Å². The number of hydrogen-bond donors (Lipinski definition) is 0. The van der Waals surface area contributed by atoms with Crippen molar-refractivity contribution in [3.05, 3.63) is 35.9 Å². The Balaban J connectivity index is 1.67. The van der Waals surface area contributed by atoms with Gasteiger partial charge in [-0.25, -0.2) is 0 Å².